The molecule has 0 saturated heterocycles. The Balaban J connectivity index is 1.51. The van der Waals surface area contributed by atoms with E-state index in [0.717, 1.165) is 16.9 Å². The maximum absolute atomic E-state index is 12.4. The van der Waals surface area contributed by atoms with E-state index in [1.165, 1.54) is 17.3 Å². The van der Waals surface area contributed by atoms with E-state index < -0.39 is 0 Å². The molecule has 0 spiro atoms. The van der Waals surface area contributed by atoms with Gasteiger partial charge in [0.05, 0.1) is 12.4 Å². The van der Waals surface area contributed by atoms with Crippen molar-refractivity contribution in [3.63, 3.8) is 0 Å². The summed E-state index contributed by atoms with van der Waals surface area (Å²) >= 11 is 1.33. The third kappa shape index (κ3) is 5.36. The summed E-state index contributed by atoms with van der Waals surface area (Å²) < 4.78 is 5.44. The first-order valence-electron chi connectivity index (χ1n) is 9.13. The Morgan fingerprint density at radius 3 is 2.54 bits per heavy atom. The van der Waals surface area contributed by atoms with E-state index >= 15 is 0 Å². The van der Waals surface area contributed by atoms with Crippen LogP contribution in [-0.4, -0.2) is 45.4 Å². The van der Waals surface area contributed by atoms with Gasteiger partial charge in [-0.25, -0.2) is 4.98 Å². The lowest BCUT2D eigenvalue weighted by molar-refractivity contribution is -0.127. The second-order valence-electron chi connectivity index (χ2n) is 6.45. The van der Waals surface area contributed by atoms with E-state index in [0.29, 0.717) is 29.9 Å². The highest BCUT2D eigenvalue weighted by atomic mass is 32.2. The molecule has 1 amide bonds. The Morgan fingerprint density at radius 1 is 1.14 bits per heavy atom. The van der Waals surface area contributed by atoms with Crippen molar-refractivity contribution >= 4 is 17.7 Å². The highest BCUT2D eigenvalue weighted by Crippen LogP contribution is 2.20. The van der Waals surface area contributed by atoms with Crippen molar-refractivity contribution in [1.29, 1.82) is 0 Å². The number of aromatic amines is 1. The molecule has 7 heteroatoms. The van der Waals surface area contributed by atoms with Gasteiger partial charge in [-0.15, -0.1) is 5.10 Å². The number of amides is 1. The van der Waals surface area contributed by atoms with Gasteiger partial charge in [-0.2, -0.15) is 0 Å². The van der Waals surface area contributed by atoms with E-state index in [4.69, 9.17) is 4.74 Å². The molecule has 0 atom stereocenters. The monoisotopic (exact) mass is 396 g/mol. The number of rotatable bonds is 8. The third-order valence-corrected chi connectivity index (χ3v) is 5.03. The number of aryl methyl sites for hydroxylation is 1. The molecule has 3 rings (SSSR count). The van der Waals surface area contributed by atoms with Gasteiger partial charge in [0, 0.05) is 19.2 Å². The van der Waals surface area contributed by atoms with E-state index in [9.17, 15) is 4.79 Å². The molecule has 28 heavy (non-hydrogen) atoms. The van der Waals surface area contributed by atoms with Crippen LogP contribution in [-0.2, 0) is 11.3 Å². The average Bonchev–Trinajstić information content (AvgIpc) is 3.17. The van der Waals surface area contributed by atoms with Gasteiger partial charge >= 0.3 is 0 Å². The first kappa shape index (κ1) is 19.9. The zero-order chi connectivity index (χ0) is 19.9. The number of hydrogen-bond donors (Lipinski definition) is 1. The number of nitrogens with one attached hydrogen (secondary N) is 1. The summed E-state index contributed by atoms with van der Waals surface area (Å²) in [5.74, 6) is 1.86. The van der Waals surface area contributed by atoms with Gasteiger partial charge in [0.25, 0.3) is 0 Å². The first-order chi connectivity index (χ1) is 13.5. The molecule has 146 valence electrons. The Labute approximate surface area is 169 Å². The molecule has 0 unspecified atom stereocenters. The minimum absolute atomic E-state index is 0.0283. The molecule has 1 N–H and O–H groups in total. The number of nitrogens with zero attached hydrogens (tertiary/aromatic N) is 3. The lowest BCUT2D eigenvalue weighted by atomic mass is 10.1. The van der Waals surface area contributed by atoms with Crippen LogP contribution >= 0.6 is 11.8 Å². The van der Waals surface area contributed by atoms with Gasteiger partial charge in [0.1, 0.15) is 5.75 Å². The van der Waals surface area contributed by atoms with Crippen molar-refractivity contribution in [2.75, 3.05) is 19.4 Å². The maximum atomic E-state index is 12.4. The van der Waals surface area contributed by atoms with Crippen molar-refractivity contribution in [3.8, 4) is 17.1 Å². The number of carbonyl (C=O) groups excluding carboxylic acids is 1. The highest BCUT2D eigenvalue weighted by molar-refractivity contribution is 7.99. The SMILES string of the molecule is CCOc1ccc(CN(C)C(=O)CSc2n[nH]c(-c3ccc(C)cc3)n2)cc1. The van der Waals surface area contributed by atoms with Crippen molar-refractivity contribution in [1.82, 2.24) is 20.1 Å². The van der Waals surface area contributed by atoms with Crippen molar-refractivity contribution in [2.24, 2.45) is 0 Å². The smallest absolute Gasteiger partial charge is 0.233 e. The number of benzene rings is 2. The minimum atomic E-state index is 0.0283. The normalized spacial score (nSPS) is 10.7. The summed E-state index contributed by atoms with van der Waals surface area (Å²) in [6, 6.07) is 15.9. The van der Waals surface area contributed by atoms with E-state index in [1.54, 1.807) is 11.9 Å². The standard InChI is InChI=1S/C21H24N4O2S/c1-4-27-18-11-7-16(8-12-18)13-25(3)19(26)14-28-21-22-20(23-24-21)17-9-5-15(2)6-10-17/h5-12H,4,13-14H2,1-3H3,(H,22,23,24). The number of ether oxygens (including phenoxy) is 1. The summed E-state index contributed by atoms with van der Waals surface area (Å²) in [5, 5.41) is 7.70. The van der Waals surface area contributed by atoms with Crippen LogP contribution < -0.4 is 4.74 Å². The summed E-state index contributed by atoms with van der Waals surface area (Å²) in [6.07, 6.45) is 0. The molecular formula is C21H24N4O2S. The van der Waals surface area contributed by atoms with Gasteiger partial charge < -0.3 is 9.64 Å². The van der Waals surface area contributed by atoms with Crippen LogP contribution in [0.25, 0.3) is 11.4 Å². The van der Waals surface area contributed by atoms with Crippen LogP contribution in [0.15, 0.2) is 53.7 Å². The fourth-order valence-electron chi connectivity index (χ4n) is 2.61. The van der Waals surface area contributed by atoms with Crippen LogP contribution in [0.5, 0.6) is 5.75 Å². The van der Waals surface area contributed by atoms with E-state index in [-0.39, 0.29) is 5.91 Å². The molecule has 0 aliphatic carbocycles. The predicted octanol–water partition coefficient (Wildman–Crippen LogP) is 3.93. The number of H-pyrrole nitrogens is 1. The lowest BCUT2D eigenvalue weighted by Gasteiger charge is -2.17. The molecule has 0 bridgehead atoms. The van der Waals surface area contributed by atoms with Crippen LogP contribution in [0.1, 0.15) is 18.1 Å². The van der Waals surface area contributed by atoms with Gasteiger partial charge in [0.15, 0.2) is 5.82 Å². The quantitative estimate of drug-likeness (QED) is 0.584. The average molecular weight is 397 g/mol. The fraction of sp³-hybridized carbons (Fsp3) is 0.286. The molecule has 0 fully saturated rings. The first-order valence-corrected chi connectivity index (χ1v) is 10.1. The molecule has 0 radical (unpaired) electrons. The molecule has 0 aliphatic heterocycles. The van der Waals surface area contributed by atoms with Gasteiger partial charge in [-0.3, -0.25) is 9.89 Å². The lowest BCUT2D eigenvalue weighted by Crippen LogP contribution is -2.27. The Hall–Kier alpha value is -2.80. The van der Waals surface area contributed by atoms with Crippen LogP contribution in [0.3, 0.4) is 0 Å². The number of aromatic nitrogens is 3. The summed E-state index contributed by atoms with van der Waals surface area (Å²) in [5.41, 5.74) is 3.23. The van der Waals surface area contributed by atoms with E-state index in [2.05, 4.69) is 15.2 Å². The number of thioether (sulfide) groups is 1. The summed E-state index contributed by atoms with van der Waals surface area (Å²) in [7, 11) is 1.80. The van der Waals surface area contributed by atoms with Gasteiger partial charge in [-0.05, 0) is 31.5 Å². The summed E-state index contributed by atoms with van der Waals surface area (Å²) in [6.45, 7) is 5.19. The van der Waals surface area contributed by atoms with Gasteiger partial charge in [-0.1, -0.05) is 53.7 Å². The van der Waals surface area contributed by atoms with Crippen molar-refractivity contribution < 1.29 is 9.53 Å². The molecule has 0 saturated carbocycles. The fourth-order valence-corrected chi connectivity index (χ4v) is 3.35. The Kier molecular flexibility index (Phi) is 6.71. The van der Waals surface area contributed by atoms with Crippen LogP contribution in [0, 0.1) is 6.92 Å². The van der Waals surface area contributed by atoms with Crippen molar-refractivity contribution in [3.05, 3.63) is 59.7 Å². The zero-order valence-electron chi connectivity index (χ0n) is 16.3. The topological polar surface area (TPSA) is 71.1 Å². The Morgan fingerprint density at radius 2 is 1.86 bits per heavy atom. The molecule has 0 aliphatic rings. The Bertz CT molecular complexity index is 907. The van der Waals surface area contributed by atoms with Crippen LogP contribution in [0.2, 0.25) is 0 Å². The second kappa shape index (κ2) is 9.41. The summed E-state index contributed by atoms with van der Waals surface area (Å²) in [4.78, 5) is 18.6. The zero-order valence-corrected chi connectivity index (χ0v) is 17.1. The largest absolute Gasteiger partial charge is 0.494 e. The molecule has 2 aromatic carbocycles. The molecule has 6 nitrogen and oxygen atoms in total. The molecule has 1 heterocycles. The third-order valence-electron chi connectivity index (χ3n) is 4.19. The molecule has 1 aromatic heterocycles. The van der Waals surface area contributed by atoms with Gasteiger partial charge in [0.2, 0.25) is 11.1 Å². The van der Waals surface area contributed by atoms with E-state index in [1.807, 2.05) is 62.4 Å². The highest BCUT2D eigenvalue weighted by Gasteiger charge is 2.13. The molecular weight excluding hydrogens is 372 g/mol. The van der Waals surface area contributed by atoms with Crippen molar-refractivity contribution in [2.45, 2.75) is 25.5 Å². The molecule has 3 aromatic rings. The maximum Gasteiger partial charge on any atom is 0.233 e. The number of hydrogen-bond acceptors (Lipinski definition) is 5. The second-order valence-corrected chi connectivity index (χ2v) is 7.39. The minimum Gasteiger partial charge on any atom is -0.494 e. The predicted molar refractivity (Wildman–Crippen MR) is 111 cm³/mol. The number of carbonyl (C=O) groups is 1. The van der Waals surface area contributed by atoms with Crippen LogP contribution in [0.4, 0.5) is 0 Å².